The summed E-state index contributed by atoms with van der Waals surface area (Å²) in [5, 5.41) is 8.91. The zero-order valence-electron chi connectivity index (χ0n) is 9.54. The Kier molecular flexibility index (Phi) is 3.53. The third kappa shape index (κ3) is 2.52. The van der Waals surface area contributed by atoms with Gasteiger partial charge >= 0.3 is 0 Å². The Bertz CT molecular complexity index is 393. The van der Waals surface area contributed by atoms with Crippen LogP contribution in [-0.2, 0) is 11.4 Å². The largest absolute Gasteiger partial charge is 0.392 e. The SMILES string of the molecule is NC(=O)C1CCCCN1c1ncc(CO)cn1. The molecule has 92 valence electrons. The van der Waals surface area contributed by atoms with Crippen LogP contribution in [0.4, 0.5) is 5.95 Å². The van der Waals surface area contributed by atoms with Gasteiger partial charge in [-0.15, -0.1) is 0 Å². The van der Waals surface area contributed by atoms with Crippen LogP contribution < -0.4 is 10.6 Å². The summed E-state index contributed by atoms with van der Waals surface area (Å²) in [6.45, 7) is 0.658. The maximum atomic E-state index is 11.3. The number of nitrogens with zero attached hydrogens (tertiary/aromatic N) is 3. The molecule has 1 aliphatic rings. The molecule has 1 atom stereocenters. The van der Waals surface area contributed by atoms with E-state index in [1.165, 1.54) is 0 Å². The van der Waals surface area contributed by atoms with Gasteiger partial charge in [0, 0.05) is 24.5 Å². The second kappa shape index (κ2) is 5.09. The van der Waals surface area contributed by atoms with E-state index in [2.05, 4.69) is 9.97 Å². The van der Waals surface area contributed by atoms with E-state index in [0.29, 0.717) is 11.5 Å². The van der Waals surface area contributed by atoms with Gasteiger partial charge in [-0.05, 0) is 19.3 Å². The fraction of sp³-hybridized carbons (Fsp3) is 0.545. The first-order valence-electron chi connectivity index (χ1n) is 5.70. The monoisotopic (exact) mass is 236 g/mol. The van der Waals surface area contributed by atoms with Crippen molar-refractivity contribution >= 4 is 11.9 Å². The lowest BCUT2D eigenvalue weighted by Gasteiger charge is -2.33. The highest BCUT2D eigenvalue weighted by Crippen LogP contribution is 2.21. The second-order valence-electron chi connectivity index (χ2n) is 4.16. The minimum Gasteiger partial charge on any atom is -0.392 e. The van der Waals surface area contributed by atoms with Crippen LogP contribution in [0.1, 0.15) is 24.8 Å². The topological polar surface area (TPSA) is 92.3 Å². The number of rotatable bonds is 3. The molecule has 1 unspecified atom stereocenters. The Morgan fingerprint density at radius 1 is 1.47 bits per heavy atom. The average Bonchev–Trinajstić information content (AvgIpc) is 2.39. The highest BCUT2D eigenvalue weighted by Gasteiger charge is 2.28. The summed E-state index contributed by atoms with van der Waals surface area (Å²) in [6, 6.07) is -0.316. The van der Waals surface area contributed by atoms with Gasteiger partial charge in [0.1, 0.15) is 6.04 Å². The molecule has 6 nitrogen and oxygen atoms in total. The lowest BCUT2D eigenvalue weighted by atomic mass is 10.0. The molecule has 1 fully saturated rings. The van der Waals surface area contributed by atoms with E-state index < -0.39 is 0 Å². The first kappa shape index (κ1) is 11.8. The minimum atomic E-state index is -0.334. The second-order valence-corrected chi connectivity index (χ2v) is 4.16. The average molecular weight is 236 g/mol. The smallest absolute Gasteiger partial charge is 0.240 e. The molecule has 0 aromatic carbocycles. The lowest BCUT2D eigenvalue weighted by molar-refractivity contribution is -0.119. The molecule has 1 amide bonds. The summed E-state index contributed by atoms with van der Waals surface area (Å²) in [5.41, 5.74) is 6.03. The number of piperidine rings is 1. The summed E-state index contributed by atoms with van der Waals surface area (Å²) in [7, 11) is 0. The molecule has 1 aromatic heterocycles. The summed E-state index contributed by atoms with van der Waals surface area (Å²) in [6.07, 6.45) is 5.89. The summed E-state index contributed by atoms with van der Waals surface area (Å²) < 4.78 is 0. The maximum absolute atomic E-state index is 11.3. The van der Waals surface area contributed by atoms with Crippen LogP contribution in [0.15, 0.2) is 12.4 Å². The predicted octanol–water partition coefficient (Wildman–Crippen LogP) is -0.187. The third-order valence-electron chi connectivity index (χ3n) is 2.96. The van der Waals surface area contributed by atoms with Gasteiger partial charge in [0.2, 0.25) is 11.9 Å². The van der Waals surface area contributed by atoms with E-state index >= 15 is 0 Å². The summed E-state index contributed by atoms with van der Waals surface area (Å²) in [4.78, 5) is 21.5. The zero-order valence-corrected chi connectivity index (χ0v) is 9.54. The number of primary amides is 1. The van der Waals surface area contributed by atoms with Crippen molar-refractivity contribution < 1.29 is 9.90 Å². The van der Waals surface area contributed by atoms with Gasteiger partial charge in [-0.3, -0.25) is 4.79 Å². The van der Waals surface area contributed by atoms with Crippen molar-refractivity contribution in [2.24, 2.45) is 5.73 Å². The zero-order chi connectivity index (χ0) is 12.3. The van der Waals surface area contributed by atoms with Crippen molar-refractivity contribution in [2.75, 3.05) is 11.4 Å². The molecule has 0 radical (unpaired) electrons. The molecule has 0 bridgehead atoms. The molecule has 0 aliphatic carbocycles. The highest BCUT2D eigenvalue weighted by atomic mass is 16.3. The molecule has 1 saturated heterocycles. The van der Waals surface area contributed by atoms with Crippen molar-refractivity contribution in [3.8, 4) is 0 Å². The Hall–Kier alpha value is -1.69. The molecular weight excluding hydrogens is 220 g/mol. The van der Waals surface area contributed by atoms with Crippen LogP contribution in [0.5, 0.6) is 0 Å². The predicted molar refractivity (Wildman–Crippen MR) is 62.1 cm³/mol. The van der Waals surface area contributed by atoms with Crippen molar-refractivity contribution in [1.82, 2.24) is 9.97 Å². The van der Waals surface area contributed by atoms with Crippen LogP contribution in [0, 0.1) is 0 Å². The fourth-order valence-electron chi connectivity index (χ4n) is 2.04. The molecule has 0 saturated carbocycles. The highest BCUT2D eigenvalue weighted by molar-refractivity contribution is 5.83. The number of carbonyl (C=O) groups excluding carboxylic acids is 1. The molecular formula is C11H16N4O2. The van der Waals surface area contributed by atoms with Crippen molar-refractivity contribution in [3.05, 3.63) is 18.0 Å². The maximum Gasteiger partial charge on any atom is 0.240 e. The van der Waals surface area contributed by atoms with Gasteiger partial charge in [-0.25, -0.2) is 9.97 Å². The molecule has 2 heterocycles. The number of aromatic nitrogens is 2. The minimum absolute atomic E-state index is 0.0838. The number of amides is 1. The number of carbonyl (C=O) groups is 1. The number of hydrogen-bond acceptors (Lipinski definition) is 5. The Balaban J connectivity index is 2.20. The number of aliphatic hydroxyl groups excluding tert-OH is 1. The number of hydrogen-bond donors (Lipinski definition) is 2. The van der Waals surface area contributed by atoms with Gasteiger partial charge in [-0.2, -0.15) is 0 Å². The van der Waals surface area contributed by atoms with Gasteiger partial charge in [0.25, 0.3) is 0 Å². The van der Waals surface area contributed by atoms with Crippen LogP contribution in [0.2, 0.25) is 0 Å². The summed E-state index contributed by atoms with van der Waals surface area (Å²) >= 11 is 0. The number of aliphatic hydroxyl groups is 1. The van der Waals surface area contributed by atoms with Crippen molar-refractivity contribution in [3.63, 3.8) is 0 Å². The molecule has 6 heteroatoms. The van der Waals surface area contributed by atoms with Gasteiger partial charge in [0.15, 0.2) is 0 Å². The van der Waals surface area contributed by atoms with E-state index in [9.17, 15) is 4.79 Å². The van der Waals surface area contributed by atoms with Crippen molar-refractivity contribution in [1.29, 1.82) is 0 Å². The third-order valence-corrected chi connectivity index (χ3v) is 2.96. The van der Waals surface area contributed by atoms with E-state index in [0.717, 1.165) is 25.8 Å². The van der Waals surface area contributed by atoms with E-state index in [-0.39, 0.29) is 18.6 Å². The summed E-state index contributed by atoms with van der Waals surface area (Å²) in [5.74, 6) is 0.172. The lowest BCUT2D eigenvalue weighted by Crippen LogP contribution is -2.48. The van der Waals surface area contributed by atoms with Crippen LogP contribution in [-0.4, -0.2) is 33.6 Å². The van der Waals surface area contributed by atoms with Gasteiger partial charge in [-0.1, -0.05) is 0 Å². The first-order chi connectivity index (χ1) is 8.22. The van der Waals surface area contributed by atoms with Crippen molar-refractivity contribution in [2.45, 2.75) is 31.9 Å². The van der Waals surface area contributed by atoms with E-state index in [1.54, 1.807) is 12.4 Å². The number of anilines is 1. The molecule has 1 aliphatic heterocycles. The standard InChI is InChI=1S/C11H16N4O2/c12-10(17)9-3-1-2-4-15(9)11-13-5-8(7-16)6-14-11/h5-6,9,16H,1-4,7H2,(H2,12,17). The van der Waals surface area contributed by atoms with Crippen LogP contribution in [0.25, 0.3) is 0 Å². The Labute approximate surface area is 99.5 Å². The van der Waals surface area contributed by atoms with E-state index in [4.69, 9.17) is 10.8 Å². The first-order valence-corrected chi connectivity index (χ1v) is 5.70. The Morgan fingerprint density at radius 3 is 2.76 bits per heavy atom. The van der Waals surface area contributed by atoms with E-state index in [1.807, 2.05) is 4.90 Å². The molecule has 2 rings (SSSR count). The molecule has 1 aromatic rings. The quantitative estimate of drug-likeness (QED) is 0.759. The van der Waals surface area contributed by atoms with Gasteiger partial charge < -0.3 is 15.7 Å². The Morgan fingerprint density at radius 2 is 2.18 bits per heavy atom. The fourth-order valence-corrected chi connectivity index (χ4v) is 2.04. The van der Waals surface area contributed by atoms with Crippen LogP contribution in [0.3, 0.4) is 0 Å². The molecule has 0 spiro atoms. The molecule has 3 N–H and O–H groups in total. The number of nitrogens with two attached hydrogens (primary N) is 1. The van der Waals surface area contributed by atoms with Gasteiger partial charge in [0.05, 0.1) is 6.61 Å². The normalized spacial score (nSPS) is 20.3. The van der Waals surface area contributed by atoms with Crippen LogP contribution >= 0.6 is 0 Å². The molecule has 17 heavy (non-hydrogen) atoms.